The van der Waals surface area contributed by atoms with E-state index in [-0.39, 0.29) is 5.48 Å². The van der Waals surface area contributed by atoms with Crippen molar-refractivity contribution in [3.05, 3.63) is 24.3 Å². The van der Waals surface area contributed by atoms with Crippen molar-refractivity contribution in [2.45, 2.75) is 13.3 Å². The van der Waals surface area contributed by atoms with Crippen LogP contribution in [-0.4, -0.2) is 5.48 Å². The van der Waals surface area contributed by atoms with Gasteiger partial charge in [-0.15, -0.1) is 0 Å². The van der Waals surface area contributed by atoms with Crippen LogP contribution in [-0.2, 0) is 0 Å². The van der Waals surface area contributed by atoms with E-state index < -0.39 is 0 Å². The summed E-state index contributed by atoms with van der Waals surface area (Å²) in [6.45, 7) is 2.22. The van der Waals surface area contributed by atoms with Crippen molar-refractivity contribution in [3.8, 4) is 0 Å². The summed E-state index contributed by atoms with van der Waals surface area (Å²) in [5, 5.41) is 0. The largest absolute Gasteiger partial charge is 0.255 e. The quantitative estimate of drug-likeness (QED) is 0.495. The second-order valence-electron chi connectivity index (χ2n) is 2.03. The molecular weight excluding hydrogens is 100 g/mol. The Morgan fingerprint density at radius 3 is 2.38 bits per heavy atom. The summed E-state index contributed by atoms with van der Waals surface area (Å²) in [5.74, 6) is 0.769. The highest BCUT2D eigenvalue weighted by Gasteiger charge is 1.93. The number of hydrogen-bond acceptors (Lipinski definition) is 0. The van der Waals surface area contributed by atoms with Gasteiger partial charge in [-0.25, -0.2) is 0 Å². The zero-order valence-electron chi connectivity index (χ0n) is 5.04. The number of hydrogen-bond donors (Lipinski definition) is 1. The van der Waals surface area contributed by atoms with E-state index in [2.05, 4.69) is 31.2 Å². The first-order valence-electron chi connectivity index (χ1n) is 2.73. The van der Waals surface area contributed by atoms with Crippen LogP contribution in [0.15, 0.2) is 24.3 Å². The van der Waals surface area contributed by atoms with Crippen molar-refractivity contribution in [2.24, 2.45) is 5.92 Å². The Kier molecular flexibility index (Phi) is 3.20. The Morgan fingerprint density at radius 1 is 1.38 bits per heavy atom. The van der Waals surface area contributed by atoms with E-state index >= 15 is 0 Å². The molecular formula is C7H11O. The third kappa shape index (κ3) is 1.94. The van der Waals surface area contributed by atoms with E-state index in [1.807, 2.05) is 0 Å². The molecule has 1 atom stereocenters. The predicted molar refractivity (Wildman–Crippen MR) is 34.0 cm³/mol. The van der Waals surface area contributed by atoms with Crippen LogP contribution >= 0.6 is 0 Å². The highest BCUT2D eigenvalue weighted by atomic mass is 16.0. The summed E-state index contributed by atoms with van der Waals surface area (Å²) in [6.07, 6.45) is 9.84. The second-order valence-corrected chi connectivity index (χ2v) is 2.03. The first kappa shape index (κ1) is 7.44. The first-order valence-corrected chi connectivity index (χ1v) is 2.73. The molecule has 0 aliphatic heterocycles. The van der Waals surface area contributed by atoms with Crippen molar-refractivity contribution in [1.82, 2.24) is 0 Å². The summed E-state index contributed by atoms with van der Waals surface area (Å²) in [4.78, 5) is 0. The third-order valence-electron chi connectivity index (χ3n) is 1.19. The first-order chi connectivity index (χ1) is 3.39. The van der Waals surface area contributed by atoms with Gasteiger partial charge in [0, 0.05) is 0 Å². The smallest absolute Gasteiger partial charge is 0.0224 e. The van der Waals surface area contributed by atoms with Gasteiger partial charge >= 0.3 is 0 Å². The summed E-state index contributed by atoms with van der Waals surface area (Å²) in [6, 6.07) is 0. The Labute approximate surface area is 50.0 Å². The lowest BCUT2D eigenvalue weighted by Gasteiger charge is -2.02. The Bertz CT molecular complexity index is 103. The SMILES string of the molecule is CC1C=CC=CC1.[OH]. The zero-order valence-corrected chi connectivity index (χ0v) is 5.04. The number of rotatable bonds is 0. The van der Waals surface area contributed by atoms with E-state index in [1.54, 1.807) is 0 Å². The highest BCUT2D eigenvalue weighted by Crippen LogP contribution is 2.08. The molecule has 0 saturated carbocycles. The van der Waals surface area contributed by atoms with Gasteiger partial charge in [0.15, 0.2) is 0 Å². The van der Waals surface area contributed by atoms with Crippen LogP contribution in [0.2, 0.25) is 0 Å². The Morgan fingerprint density at radius 2 is 2.12 bits per heavy atom. The van der Waals surface area contributed by atoms with E-state index in [4.69, 9.17) is 0 Å². The standard InChI is InChI=1S/C7H10.HO/c1-7-5-3-2-4-6-7;/h2-5,7H,6H2,1H3;1H. The minimum absolute atomic E-state index is 0. The normalized spacial score (nSPS) is 24.9. The van der Waals surface area contributed by atoms with Crippen LogP contribution in [0.5, 0.6) is 0 Å². The van der Waals surface area contributed by atoms with Crippen molar-refractivity contribution in [3.63, 3.8) is 0 Å². The fraction of sp³-hybridized carbons (Fsp3) is 0.429. The lowest BCUT2D eigenvalue weighted by Crippen LogP contribution is -1.87. The van der Waals surface area contributed by atoms with Gasteiger partial charge in [0.25, 0.3) is 0 Å². The molecule has 0 amide bonds. The van der Waals surface area contributed by atoms with Crippen LogP contribution < -0.4 is 0 Å². The van der Waals surface area contributed by atoms with Gasteiger partial charge in [0.05, 0.1) is 0 Å². The predicted octanol–water partition coefficient (Wildman–Crippen LogP) is 1.96. The molecule has 0 aromatic rings. The lowest BCUT2D eigenvalue weighted by molar-refractivity contribution is 0.737. The van der Waals surface area contributed by atoms with Gasteiger partial charge in [-0.2, -0.15) is 0 Å². The van der Waals surface area contributed by atoms with E-state index in [0.29, 0.717) is 0 Å². The molecule has 0 fully saturated rings. The van der Waals surface area contributed by atoms with Crippen LogP contribution in [0.1, 0.15) is 13.3 Å². The topological polar surface area (TPSA) is 30.0 Å². The van der Waals surface area contributed by atoms with Crippen molar-refractivity contribution >= 4 is 0 Å². The van der Waals surface area contributed by atoms with E-state index in [1.165, 1.54) is 6.42 Å². The Hall–Kier alpha value is -0.560. The maximum atomic E-state index is 2.22. The molecule has 0 spiro atoms. The molecule has 1 radical (unpaired) electrons. The van der Waals surface area contributed by atoms with Crippen LogP contribution in [0.3, 0.4) is 0 Å². The minimum atomic E-state index is 0. The summed E-state index contributed by atoms with van der Waals surface area (Å²) >= 11 is 0. The molecule has 1 N–H and O–H groups in total. The maximum absolute atomic E-state index is 2.22. The molecule has 1 nitrogen and oxygen atoms in total. The van der Waals surface area contributed by atoms with E-state index in [9.17, 15) is 0 Å². The molecule has 1 heteroatoms. The second kappa shape index (κ2) is 3.44. The highest BCUT2D eigenvalue weighted by molar-refractivity contribution is 5.09. The maximum Gasteiger partial charge on any atom is -0.0224 e. The lowest BCUT2D eigenvalue weighted by atomic mass is 10.0. The molecule has 1 unspecified atom stereocenters. The molecule has 0 bridgehead atoms. The van der Waals surface area contributed by atoms with Gasteiger partial charge in [0.1, 0.15) is 0 Å². The molecule has 8 heavy (non-hydrogen) atoms. The van der Waals surface area contributed by atoms with Crippen LogP contribution in [0.25, 0.3) is 0 Å². The monoisotopic (exact) mass is 111 g/mol. The van der Waals surface area contributed by atoms with Gasteiger partial charge < -0.3 is 0 Å². The minimum Gasteiger partial charge on any atom is -0.255 e. The third-order valence-corrected chi connectivity index (χ3v) is 1.19. The zero-order chi connectivity index (χ0) is 5.11. The van der Waals surface area contributed by atoms with Gasteiger partial charge in [-0.05, 0) is 12.3 Å². The van der Waals surface area contributed by atoms with Crippen molar-refractivity contribution < 1.29 is 5.48 Å². The van der Waals surface area contributed by atoms with Crippen molar-refractivity contribution in [2.75, 3.05) is 0 Å². The molecule has 1 rings (SSSR count). The van der Waals surface area contributed by atoms with Gasteiger partial charge in [-0.3, -0.25) is 5.48 Å². The number of allylic oxidation sites excluding steroid dienone is 4. The van der Waals surface area contributed by atoms with Crippen molar-refractivity contribution in [1.29, 1.82) is 0 Å². The Balaban J connectivity index is 0.000000490. The molecule has 0 saturated heterocycles. The molecule has 45 valence electrons. The van der Waals surface area contributed by atoms with Crippen LogP contribution in [0, 0.1) is 5.92 Å². The fourth-order valence-corrected chi connectivity index (χ4v) is 0.704. The van der Waals surface area contributed by atoms with Gasteiger partial charge in [-0.1, -0.05) is 31.2 Å². The molecule has 0 aromatic carbocycles. The molecule has 0 heterocycles. The summed E-state index contributed by atoms with van der Waals surface area (Å²) in [5.41, 5.74) is 0. The van der Waals surface area contributed by atoms with E-state index in [0.717, 1.165) is 5.92 Å². The van der Waals surface area contributed by atoms with Gasteiger partial charge in [0.2, 0.25) is 0 Å². The summed E-state index contributed by atoms with van der Waals surface area (Å²) in [7, 11) is 0. The molecule has 0 aromatic heterocycles. The van der Waals surface area contributed by atoms with Crippen LogP contribution in [0.4, 0.5) is 0 Å². The molecule has 1 aliphatic carbocycles. The average molecular weight is 111 g/mol. The summed E-state index contributed by atoms with van der Waals surface area (Å²) < 4.78 is 0. The average Bonchev–Trinajstić information content (AvgIpc) is 1.69. The molecule has 1 aliphatic rings. The fourth-order valence-electron chi connectivity index (χ4n) is 0.704.